The van der Waals surface area contributed by atoms with E-state index in [9.17, 15) is 24.0 Å². The van der Waals surface area contributed by atoms with Gasteiger partial charge in [-0.2, -0.15) is 5.10 Å². The van der Waals surface area contributed by atoms with Gasteiger partial charge in [0.25, 0.3) is 11.8 Å². The van der Waals surface area contributed by atoms with Crippen LogP contribution in [0.5, 0.6) is 0 Å². The van der Waals surface area contributed by atoms with Gasteiger partial charge in [-0.05, 0) is 85.0 Å². The van der Waals surface area contributed by atoms with Crippen LogP contribution in [0.15, 0.2) is 85.3 Å². The van der Waals surface area contributed by atoms with Crippen molar-refractivity contribution in [2.75, 3.05) is 36.0 Å². The van der Waals surface area contributed by atoms with Crippen LogP contribution in [0.2, 0.25) is 0 Å². The van der Waals surface area contributed by atoms with Crippen molar-refractivity contribution in [1.29, 1.82) is 0 Å². The van der Waals surface area contributed by atoms with Gasteiger partial charge in [0.15, 0.2) is 5.78 Å². The highest BCUT2D eigenvalue weighted by atomic mass is 16.2. The number of nitrogens with zero attached hydrogens (tertiary/aromatic N) is 6. The maximum absolute atomic E-state index is 13.6. The number of hydrogen-bond acceptors (Lipinski definition) is 9. The Bertz CT molecular complexity index is 2360. The molecule has 0 saturated carbocycles. The average molecular weight is 706 g/mol. The van der Waals surface area contributed by atoms with Gasteiger partial charge >= 0.3 is 0 Å². The largest absolute Gasteiger partial charge is 0.368 e. The summed E-state index contributed by atoms with van der Waals surface area (Å²) in [6.45, 7) is 4.79. The Hall–Kier alpha value is -6.43. The van der Waals surface area contributed by atoms with Gasteiger partial charge in [0.2, 0.25) is 11.8 Å². The number of rotatable bonds is 6. The van der Waals surface area contributed by atoms with E-state index in [-0.39, 0.29) is 18.6 Å². The van der Waals surface area contributed by atoms with Crippen LogP contribution in [0.4, 0.5) is 11.4 Å². The molecule has 5 heterocycles. The molecule has 264 valence electrons. The van der Waals surface area contributed by atoms with Crippen molar-refractivity contribution in [1.82, 2.24) is 25.0 Å². The third-order valence-electron chi connectivity index (χ3n) is 10.9. The number of amides is 4. The summed E-state index contributed by atoms with van der Waals surface area (Å²) >= 11 is 0. The molecule has 53 heavy (non-hydrogen) atoms. The van der Waals surface area contributed by atoms with Crippen molar-refractivity contribution in [3.63, 3.8) is 0 Å². The van der Waals surface area contributed by atoms with Gasteiger partial charge in [-0.1, -0.05) is 18.2 Å². The number of imide groups is 2. The van der Waals surface area contributed by atoms with Crippen LogP contribution in [0.1, 0.15) is 61.5 Å². The lowest BCUT2D eigenvalue weighted by molar-refractivity contribution is -0.136. The number of nitrogens with one attached hydrogen (secondary N) is 1. The number of hydrogen-bond donors (Lipinski definition) is 1. The SMILES string of the molecule is Cc1c(N2CCN(c3ccc(-n4cc(-c5ccc6c(c5)CCC6=O)c(-c5ccncc5)n4)cc3)CC2)ccc2c1C(=O)N(C1CCC(=O)NC1=O)C2=O. The number of benzene rings is 3. The van der Waals surface area contributed by atoms with Crippen LogP contribution < -0.4 is 15.1 Å². The minimum absolute atomic E-state index is 0.0823. The number of ketones is 1. The molecule has 2 fully saturated rings. The standard InChI is InChI=1S/C41H35N7O5/c1-24-33(10-9-31-37(24)41(53)48(40(31)52)34-11-13-36(50)43-39(34)51)46-20-18-45(19-21-46)28-4-6-29(7-5-28)47-23-32(38(44-47)25-14-16-42-17-15-25)27-2-8-30-26(22-27)3-12-35(30)49/h2,4-10,14-17,22-23,34H,3,11-13,18-21H2,1H3,(H,43,50,51). The van der Waals surface area contributed by atoms with Crippen LogP contribution in [-0.4, -0.2) is 81.3 Å². The molecule has 5 aromatic rings. The number of fused-ring (bicyclic) bond motifs is 2. The molecule has 3 aromatic carbocycles. The second kappa shape index (κ2) is 12.7. The molecule has 12 heteroatoms. The molecule has 0 spiro atoms. The Morgan fingerprint density at radius 2 is 1.42 bits per heavy atom. The summed E-state index contributed by atoms with van der Waals surface area (Å²) in [7, 11) is 0. The highest BCUT2D eigenvalue weighted by Crippen LogP contribution is 2.37. The van der Waals surface area contributed by atoms with Gasteiger partial charge in [0, 0.05) is 85.7 Å². The first-order chi connectivity index (χ1) is 25.7. The predicted molar refractivity (Wildman–Crippen MR) is 197 cm³/mol. The van der Waals surface area contributed by atoms with Gasteiger partial charge in [0.1, 0.15) is 11.7 Å². The number of aryl methyl sites for hydroxylation is 1. The summed E-state index contributed by atoms with van der Waals surface area (Å²) in [5.74, 6) is -1.80. The summed E-state index contributed by atoms with van der Waals surface area (Å²) in [5.41, 5.74) is 9.93. The second-order valence-electron chi connectivity index (χ2n) is 13.9. The summed E-state index contributed by atoms with van der Waals surface area (Å²) in [4.78, 5) is 73.1. The number of anilines is 2. The summed E-state index contributed by atoms with van der Waals surface area (Å²) < 4.78 is 1.90. The number of pyridine rings is 1. The second-order valence-corrected chi connectivity index (χ2v) is 13.9. The zero-order valence-corrected chi connectivity index (χ0v) is 29.0. The number of carbonyl (C=O) groups is 5. The van der Waals surface area contributed by atoms with E-state index in [1.165, 1.54) is 0 Å². The van der Waals surface area contributed by atoms with Crippen molar-refractivity contribution >= 4 is 40.8 Å². The van der Waals surface area contributed by atoms with Crippen molar-refractivity contribution in [3.05, 3.63) is 113 Å². The topological polar surface area (TPSA) is 138 Å². The molecule has 2 saturated heterocycles. The zero-order chi connectivity index (χ0) is 36.4. The average Bonchev–Trinajstić information content (AvgIpc) is 3.86. The predicted octanol–water partition coefficient (Wildman–Crippen LogP) is 4.77. The Morgan fingerprint density at radius 1 is 0.698 bits per heavy atom. The lowest BCUT2D eigenvalue weighted by atomic mass is 9.98. The summed E-state index contributed by atoms with van der Waals surface area (Å²) in [6, 6.07) is 20.9. The Balaban J connectivity index is 0.917. The molecule has 1 aliphatic carbocycles. The molecule has 12 nitrogen and oxygen atoms in total. The lowest BCUT2D eigenvalue weighted by Crippen LogP contribution is -2.54. The molecule has 4 aliphatic rings. The van der Waals surface area contributed by atoms with Gasteiger partial charge in [-0.15, -0.1) is 0 Å². The molecule has 2 aromatic heterocycles. The molecule has 0 radical (unpaired) electrons. The Kier molecular flexibility index (Phi) is 7.76. The van der Waals surface area contributed by atoms with Crippen molar-refractivity contribution < 1.29 is 24.0 Å². The van der Waals surface area contributed by atoms with Crippen molar-refractivity contribution in [2.24, 2.45) is 0 Å². The first kappa shape index (κ1) is 32.5. The molecule has 1 unspecified atom stereocenters. The Labute approximate surface area is 305 Å². The quantitative estimate of drug-likeness (QED) is 0.248. The number of piperazine rings is 1. The lowest BCUT2D eigenvalue weighted by Gasteiger charge is -2.38. The van der Waals surface area contributed by atoms with E-state index in [2.05, 4.69) is 50.4 Å². The highest BCUT2D eigenvalue weighted by molar-refractivity contribution is 6.24. The number of Topliss-reactive ketones (excluding diaryl/α,β-unsaturated/α-hetero) is 1. The van der Waals surface area contributed by atoms with Crippen LogP contribution >= 0.6 is 0 Å². The molecule has 1 atom stereocenters. The summed E-state index contributed by atoms with van der Waals surface area (Å²) in [5, 5.41) is 7.27. The highest BCUT2D eigenvalue weighted by Gasteiger charge is 2.45. The molecule has 9 rings (SSSR count). The fourth-order valence-electron chi connectivity index (χ4n) is 8.14. The normalized spacial score (nSPS) is 18.5. The molecule has 3 aliphatic heterocycles. The zero-order valence-electron chi connectivity index (χ0n) is 29.0. The van der Waals surface area contributed by atoms with E-state index in [1.807, 2.05) is 48.1 Å². The molecular formula is C41H35N7O5. The fraction of sp³-hybridized carbons (Fsp3) is 0.244. The number of aromatic nitrogens is 3. The summed E-state index contributed by atoms with van der Waals surface area (Å²) in [6.07, 6.45) is 7.09. The minimum atomic E-state index is -0.992. The third-order valence-corrected chi connectivity index (χ3v) is 10.9. The maximum Gasteiger partial charge on any atom is 0.262 e. The van der Waals surface area contributed by atoms with Gasteiger partial charge in [0.05, 0.1) is 16.8 Å². The van der Waals surface area contributed by atoms with Crippen LogP contribution in [0, 0.1) is 6.92 Å². The van der Waals surface area contributed by atoms with E-state index in [4.69, 9.17) is 5.10 Å². The maximum atomic E-state index is 13.6. The van der Waals surface area contributed by atoms with Crippen LogP contribution in [-0.2, 0) is 16.0 Å². The smallest absolute Gasteiger partial charge is 0.262 e. The van der Waals surface area contributed by atoms with Gasteiger partial charge < -0.3 is 9.80 Å². The molecular weight excluding hydrogens is 670 g/mol. The van der Waals surface area contributed by atoms with Gasteiger partial charge in [-0.25, -0.2) is 4.68 Å². The molecule has 0 bridgehead atoms. The minimum Gasteiger partial charge on any atom is -0.368 e. The Morgan fingerprint density at radius 3 is 2.17 bits per heavy atom. The molecule has 4 amide bonds. The van der Waals surface area contributed by atoms with Crippen LogP contribution in [0.25, 0.3) is 28.1 Å². The van der Waals surface area contributed by atoms with Crippen molar-refractivity contribution in [2.45, 2.75) is 38.6 Å². The van der Waals surface area contributed by atoms with E-state index in [1.54, 1.807) is 18.5 Å². The van der Waals surface area contributed by atoms with Crippen LogP contribution in [0.3, 0.4) is 0 Å². The number of carbonyl (C=O) groups excluding carboxylic acids is 5. The number of piperidine rings is 1. The molecule has 1 N–H and O–H groups in total. The van der Waals surface area contributed by atoms with E-state index in [0.29, 0.717) is 36.2 Å². The van der Waals surface area contributed by atoms with E-state index < -0.39 is 29.7 Å². The fourth-order valence-corrected chi connectivity index (χ4v) is 8.14. The van der Waals surface area contributed by atoms with Gasteiger partial charge in [-0.3, -0.25) is 39.2 Å². The van der Waals surface area contributed by atoms with E-state index in [0.717, 1.165) is 75.0 Å². The van der Waals surface area contributed by atoms with Crippen molar-refractivity contribution in [3.8, 4) is 28.1 Å². The first-order valence-corrected chi connectivity index (χ1v) is 17.9. The monoisotopic (exact) mass is 705 g/mol. The third kappa shape index (κ3) is 5.49. The first-order valence-electron chi connectivity index (χ1n) is 17.9. The van der Waals surface area contributed by atoms with E-state index >= 15 is 0 Å².